The van der Waals surface area contributed by atoms with Crippen LogP contribution in [-0.4, -0.2) is 19.4 Å². The molecule has 92 valence electrons. The average molecular weight is 438 g/mol. The Morgan fingerprint density at radius 2 is 2.19 bits per heavy atom. The standard InChI is InChI=1S/C9H13BrINO2S2/c1-7-6-8(15-9(7)10)16(13,14)12-5-3-2-4-11/h6,12H,2-5H2,1H3. The Balaban J connectivity index is 2.64. The molecular formula is C9H13BrINO2S2. The molecule has 0 aromatic carbocycles. The number of hydrogen-bond acceptors (Lipinski definition) is 3. The van der Waals surface area contributed by atoms with Crippen LogP contribution in [0.1, 0.15) is 18.4 Å². The third-order valence-electron chi connectivity index (χ3n) is 1.95. The molecule has 0 aliphatic heterocycles. The van der Waals surface area contributed by atoms with Gasteiger partial charge in [0.1, 0.15) is 4.21 Å². The van der Waals surface area contributed by atoms with Gasteiger partial charge in [-0.2, -0.15) is 0 Å². The maximum absolute atomic E-state index is 11.8. The van der Waals surface area contributed by atoms with Gasteiger partial charge in [-0.15, -0.1) is 11.3 Å². The predicted molar refractivity (Wildman–Crippen MR) is 80.1 cm³/mol. The van der Waals surface area contributed by atoms with Crippen LogP contribution in [0.25, 0.3) is 0 Å². The Morgan fingerprint density at radius 1 is 1.50 bits per heavy atom. The van der Waals surface area contributed by atoms with Crippen LogP contribution < -0.4 is 4.72 Å². The van der Waals surface area contributed by atoms with Crippen LogP contribution in [0.15, 0.2) is 14.1 Å². The smallest absolute Gasteiger partial charge is 0.210 e. The van der Waals surface area contributed by atoms with Crippen LogP contribution in [0.4, 0.5) is 0 Å². The van der Waals surface area contributed by atoms with Gasteiger partial charge < -0.3 is 0 Å². The summed E-state index contributed by atoms with van der Waals surface area (Å²) in [4.78, 5) is 0. The number of unbranched alkanes of at least 4 members (excludes halogenated alkanes) is 1. The molecule has 7 heteroatoms. The molecular weight excluding hydrogens is 425 g/mol. The second-order valence-electron chi connectivity index (χ2n) is 3.32. The second kappa shape index (κ2) is 6.67. The minimum atomic E-state index is -3.31. The van der Waals surface area contributed by atoms with E-state index >= 15 is 0 Å². The molecule has 1 heterocycles. The van der Waals surface area contributed by atoms with Crippen molar-refractivity contribution in [3.05, 3.63) is 15.4 Å². The average Bonchev–Trinajstić information content (AvgIpc) is 2.55. The molecule has 0 saturated heterocycles. The molecule has 1 aromatic heterocycles. The minimum absolute atomic E-state index is 0.381. The van der Waals surface area contributed by atoms with Gasteiger partial charge in [0.15, 0.2) is 0 Å². The van der Waals surface area contributed by atoms with Gasteiger partial charge >= 0.3 is 0 Å². The Labute approximate surface area is 122 Å². The van der Waals surface area contributed by atoms with Crippen molar-refractivity contribution < 1.29 is 8.42 Å². The van der Waals surface area contributed by atoms with Crippen LogP contribution in [0.2, 0.25) is 0 Å². The lowest BCUT2D eigenvalue weighted by Crippen LogP contribution is -2.24. The van der Waals surface area contributed by atoms with E-state index in [1.807, 2.05) is 6.92 Å². The van der Waals surface area contributed by atoms with E-state index in [2.05, 4.69) is 43.2 Å². The minimum Gasteiger partial charge on any atom is -0.210 e. The van der Waals surface area contributed by atoms with Crippen molar-refractivity contribution in [2.75, 3.05) is 11.0 Å². The first-order chi connectivity index (χ1) is 7.47. The maximum Gasteiger partial charge on any atom is 0.250 e. The number of alkyl halides is 1. The highest BCUT2D eigenvalue weighted by atomic mass is 127. The molecule has 0 fully saturated rings. The van der Waals surface area contributed by atoms with E-state index in [0.717, 1.165) is 26.6 Å². The highest BCUT2D eigenvalue weighted by Crippen LogP contribution is 2.30. The molecule has 0 aliphatic rings. The largest absolute Gasteiger partial charge is 0.250 e. The summed E-state index contributed by atoms with van der Waals surface area (Å²) in [7, 11) is -3.31. The van der Waals surface area contributed by atoms with Crippen molar-refractivity contribution >= 4 is 59.9 Å². The fraction of sp³-hybridized carbons (Fsp3) is 0.556. The summed E-state index contributed by atoms with van der Waals surface area (Å²) in [5.41, 5.74) is 0.956. The Morgan fingerprint density at radius 3 is 2.69 bits per heavy atom. The first kappa shape index (κ1) is 14.9. The summed E-state index contributed by atoms with van der Waals surface area (Å²) >= 11 is 6.86. The topological polar surface area (TPSA) is 46.2 Å². The monoisotopic (exact) mass is 437 g/mol. The first-order valence-electron chi connectivity index (χ1n) is 4.79. The van der Waals surface area contributed by atoms with Gasteiger partial charge in [-0.25, -0.2) is 13.1 Å². The van der Waals surface area contributed by atoms with E-state index in [1.165, 1.54) is 11.3 Å². The summed E-state index contributed by atoms with van der Waals surface area (Å²) < 4.78 is 28.6. The highest BCUT2D eigenvalue weighted by Gasteiger charge is 2.17. The van der Waals surface area contributed by atoms with Crippen molar-refractivity contribution in [1.29, 1.82) is 0 Å². The number of hydrogen-bond donors (Lipinski definition) is 1. The molecule has 0 radical (unpaired) electrons. The fourth-order valence-corrected chi connectivity index (χ4v) is 4.94. The fourth-order valence-electron chi connectivity index (χ4n) is 1.06. The van der Waals surface area contributed by atoms with Crippen LogP contribution in [0, 0.1) is 6.92 Å². The highest BCUT2D eigenvalue weighted by molar-refractivity contribution is 14.1. The van der Waals surface area contributed by atoms with E-state index in [1.54, 1.807) is 6.07 Å². The first-order valence-corrected chi connectivity index (χ1v) is 9.41. The Bertz CT molecular complexity index is 425. The summed E-state index contributed by atoms with van der Waals surface area (Å²) in [5, 5.41) is 0. The molecule has 1 aromatic rings. The number of thiophene rings is 1. The van der Waals surface area contributed by atoms with Gasteiger partial charge in [-0.1, -0.05) is 22.6 Å². The molecule has 1 N–H and O–H groups in total. The molecule has 16 heavy (non-hydrogen) atoms. The van der Waals surface area contributed by atoms with Crippen molar-refractivity contribution in [3.63, 3.8) is 0 Å². The van der Waals surface area contributed by atoms with Crippen LogP contribution in [0.3, 0.4) is 0 Å². The van der Waals surface area contributed by atoms with Crippen molar-refractivity contribution in [2.45, 2.75) is 24.0 Å². The molecule has 3 nitrogen and oxygen atoms in total. The van der Waals surface area contributed by atoms with Gasteiger partial charge in [-0.3, -0.25) is 0 Å². The number of nitrogens with one attached hydrogen (secondary N) is 1. The third kappa shape index (κ3) is 4.25. The SMILES string of the molecule is Cc1cc(S(=O)(=O)NCCCCI)sc1Br. The van der Waals surface area contributed by atoms with E-state index in [-0.39, 0.29) is 0 Å². The van der Waals surface area contributed by atoms with Crippen LogP contribution in [-0.2, 0) is 10.0 Å². The van der Waals surface area contributed by atoms with E-state index < -0.39 is 10.0 Å². The molecule has 0 spiro atoms. The van der Waals surface area contributed by atoms with E-state index in [0.29, 0.717) is 10.8 Å². The van der Waals surface area contributed by atoms with Crippen molar-refractivity contribution in [1.82, 2.24) is 4.72 Å². The Hall–Kier alpha value is 0.820. The van der Waals surface area contributed by atoms with Gasteiger partial charge in [0.05, 0.1) is 3.79 Å². The summed E-state index contributed by atoms with van der Waals surface area (Å²) in [6.07, 6.45) is 1.92. The van der Waals surface area contributed by atoms with Crippen molar-refractivity contribution in [3.8, 4) is 0 Å². The third-order valence-corrected chi connectivity index (χ3v) is 6.79. The molecule has 0 unspecified atom stereocenters. The zero-order valence-corrected chi connectivity index (χ0v) is 14.2. The predicted octanol–water partition coefficient (Wildman–Crippen LogP) is 3.31. The van der Waals surface area contributed by atoms with Gasteiger partial charge in [-0.05, 0) is 51.8 Å². The Kier molecular flexibility index (Phi) is 6.20. The quantitative estimate of drug-likeness (QED) is 0.421. The number of halogens is 2. The van der Waals surface area contributed by atoms with Crippen molar-refractivity contribution in [2.24, 2.45) is 0 Å². The lowest BCUT2D eigenvalue weighted by molar-refractivity contribution is 0.581. The van der Waals surface area contributed by atoms with Crippen LogP contribution >= 0.6 is 49.9 Å². The molecule has 0 bridgehead atoms. The molecule has 0 saturated carbocycles. The summed E-state index contributed by atoms with van der Waals surface area (Å²) in [6.45, 7) is 2.40. The van der Waals surface area contributed by atoms with Gasteiger partial charge in [0.25, 0.3) is 0 Å². The lowest BCUT2D eigenvalue weighted by atomic mass is 10.3. The second-order valence-corrected chi connectivity index (χ2v) is 8.76. The van der Waals surface area contributed by atoms with Crippen LogP contribution in [0.5, 0.6) is 0 Å². The zero-order chi connectivity index (χ0) is 12.2. The number of aryl methyl sites for hydroxylation is 1. The maximum atomic E-state index is 11.8. The lowest BCUT2D eigenvalue weighted by Gasteiger charge is -2.03. The summed E-state index contributed by atoms with van der Waals surface area (Å²) in [6, 6.07) is 1.69. The van der Waals surface area contributed by atoms with E-state index in [4.69, 9.17) is 0 Å². The number of sulfonamides is 1. The van der Waals surface area contributed by atoms with E-state index in [9.17, 15) is 8.42 Å². The number of rotatable bonds is 6. The normalized spacial score (nSPS) is 11.9. The van der Waals surface area contributed by atoms with Gasteiger partial charge in [0.2, 0.25) is 10.0 Å². The molecule has 1 rings (SSSR count). The van der Waals surface area contributed by atoms with Gasteiger partial charge in [0, 0.05) is 6.54 Å². The molecule has 0 aliphatic carbocycles. The zero-order valence-electron chi connectivity index (χ0n) is 8.79. The summed E-state index contributed by atoms with van der Waals surface area (Å²) in [5.74, 6) is 0. The molecule has 0 atom stereocenters. The molecule has 0 amide bonds.